The molecule has 1 aromatic heterocycles. The standard InChI is InChI=1S/C23H29ClN2O4/c1-4-26-15(3)13-19(27)20(22(26)28)21(17-7-6-8-18(24)14-17)25-11-9-16(10-12-25)23(29)30-5-2/h6-8,13-14,16,21,27H,4-5,9-12H2,1-3H3. The van der Waals surface area contributed by atoms with Crippen molar-refractivity contribution in [3.8, 4) is 5.75 Å². The first-order chi connectivity index (χ1) is 14.4. The maximum atomic E-state index is 13.3. The van der Waals surface area contributed by atoms with Crippen molar-refractivity contribution in [3.63, 3.8) is 0 Å². The van der Waals surface area contributed by atoms with Crippen LogP contribution in [0.1, 0.15) is 49.6 Å². The van der Waals surface area contributed by atoms with Gasteiger partial charge in [-0.15, -0.1) is 0 Å². The second-order valence-corrected chi connectivity index (χ2v) is 8.09. The number of aromatic nitrogens is 1. The Kier molecular flexibility index (Phi) is 7.21. The summed E-state index contributed by atoms with van der Waals surface area (Å²) >= 11 is 6.25. The number of pyridine rings is 1. The molecule has 1 N–H and O–H groups in total. The zero-order valence-corrected chi connectivity index (χ0v) is 18.5. The van der Waals surface area contributed by atoms with E-state index >= 15 is 0 Å². The van der Waals surface area contributed by atoms with Crippen LogP contribution in [-0.4, -0.2) is 40.2 Å². The zero-order chi connectivity index (χ0) is 21.8. The molecule has 1 fully saturated rings. The van der Waals surface area contributed by atoms with Crippen molar-refractivity contribution in [2.75, 3.05) is 19.7 Å². The van der Waals surface area contributed by atoms with Gasteiger partial charge >= 0.3 is 5.97 Å². The number of nitrogens with zero attached hydrogens (tertiary/aromatic N) is 2. The predicted octanol–water partition coefficient (Wildman–Crippen LogP) is 3.90. The monoisotopic (exact) mass is 432 g/mol. The van der Waals surface area contributed by atoms with Crippen LogP contribution in [0.3, 0.4) is 0 Å². The Hall–Kier alpha value is -2.31. The lowest BCUT2D eigenvalue weighted by Crippen LogP contribution is -2.42. The topological polar surface area (TPSA) is 71.8 Å². The lowest BCUT2D eigenvalue weighted by Gasteiger charge is -2.37. The highest BCUT2D eigenvalue weighted by Gasteiger charge is 2.34. The summed E-state index contributed by atoms with van der Waals surface area (Å²) < 4.78 is 6.84. The van der Waals surface area contributed by atoms with Gasteiger partial charge in [-0.2, -0.15) is 0 Å². The zero-order valence-electron chi connectivity index (χ0n) is 17.7. The summed E-state index contributed by atoms with van der Waals surface area (Å²) in [7, 11) is 0. The van der Waals surface area contributed by atoms with Gasteiger partial charge in [0.2, 0.25) is 0 Å². The highest BCUT2D eigenvalue weighted by Crippen LogP contribution is 2.36. The van der Waals surface area contributed by atoms with E-state index in [0.29, 0.717) is 49.7 Å². The smallest absolute Gasteiger partial charge is 0.309 e. The second kappa shape index (κ2) is 9.67. The molecule has 0 bridgehead atoms. The molecule has 2 aromatic rings. The third-order valence-corrected chi connectivity index (χ3v) is 6.03. The van der Waals surface area contributed by atoms with Crippen LogP contribution in [0.25, 0.3) is 0 Å². The van der Waals surface area contributed by atoms with E-state index in [-0.39, 0.29) is 23.2 Å². The number of piperidine rings is 1. The van der Waals surface area contributed by atoms with Crippen LogP contribution < -0.4 is 5.56 Å². The number of aryl methyl sites for hydroxylation is 1. The number of esters is 1. The van der Waals surface area contributed by atoms with Gasteiger partial charge in [-0.25, -0.2) is 0 Å². The van der Waals surface area contributed by atoms with E-state index in [2.05, 4.69) is 4.90 Å². The molecule has 7 heteroatoms. The number of aromatic hydroxyl groups is 1. The summed E-state index contributed by atoms with van der Waals surface area (Å²) in [6.07, 6.45) is 1.29. The average Bonchev–Trinajstić information content (AvgIpc) is 2.71. The lowest BCUT2D eigenvalue weighted by molar-refractivity contribution is -0.149. The molecule has 0 radical (unpaired) electrons. The lowest BCUT2D eigenvalue weighted by atomic mass is 9.91. The third-order valence-electron chi connectivity index (χ3n) is 5.79. The Bertz CT molecular complexity index is 964. The summed E-state index contributed by atoms with van der Waals surface area (Å²) in [6.45, 7) is 7.64. The van der Waals surface area contributed by atoms with Gasteiger partial charge < -0.3 is 14.4 Å². The van der Waals surface area contributed by atoms with Crippen LogP contribution in [0.15, 0.2) is 35.1 Å². The highest BCUT2D eigenvalue weighted by atomic mass is 35.5. The fourth-order valence-electron chi connectivity index (χ4n) is 4.31. The van der Waals surface area contributed by atoms with E-state index < -0.39 is 6.04 Å². The van der Waals surface area contributed by atoms with Crippen LogP contribution >= 0.6 is 11.6 Å². The first-order valence-electron chi connectivity index (χ1n) is 10.5. The molecule has 0 spiro atoms. The van der Waals surface area contributed by atoms with Gasteiger partial charge in [0.1, 0.15) is 5.75 Å². The van der Waals surface area contributed by atoms with Crippen LogP contribution in [0.4, 0.5) is 0 Å². The number of benzene rings is 1. The van der Waals surface area contributed by atoms with Gasteiger partial charge in [0.05, 0.1) is 24.1 Å². The maximum absolute atomic E-state index is 13.3. The predicted molar refractivity (Wildman–Crippen MR) is 117 cm³/mol. The number of ether oxygens (including phenoxy) is 1. The number of carbonyl (C=O) groups is 1. The molecule has 30 heavy (non-hydrogen) atoms. The molecule has 1 aliphatic heterocycles. The Morgan fingerprint density at radius 2 is 1.97 bits per heavy atom. The van der Waals surface area contributed by atoms with Crippen molar-refractivity contribution in [3.05, 3.63) is 62.5 Å². The fraction of sp³-hybridized carbons (Fsp3) is 0.478. The molecule has 0 aliphatic carbocycles. The summed E-state index contributed by atoms with van der Waals surface area (Å²) in [5.74, 6) is -0.317. The van der Waals surface area contributed by atoms with Gasteiger partial charge in [0.15, 0.2) is 0 Å². The van der Waals surface area contributed by atoms with Crippen LogP contribution in [0, 0.1) is 12.8 Å². The largest absolute Gasteiger partial charge is 0.507 e. The van der Waals surface area contributed by atoms with Crippen molar-refractivity contribution in [2.24, 2.45) is 5.92 Å². The summed E-state index contributed by atoms with van der Waals surface area (Å²) in [4.78, 5) is 27.6. The Morgan fingerprint density at radius 1 is 1.27 bits per heavy atom. The van der Waals surface area contributed by atoms with Crippen molar-refractivity contribution in [2.45, 2.75) is 46.2 Å². The van der Waals surface area contributed by atoms with Crippen LogP contribution in [0.2, 0.25) is 5.02 Å². The molecule has 1 atom stereocenters. The summed E-state index contributed by atoms with van der Waals surface area (Å²) in [5, 5.41) is 11.4. The molecule has 1 aliphatic rings. The Balaban J connectivity index is 2.03. The van der Waals surface area contributed by atoms with Crippen LogP contribution in [-0.2, 0) is 16.1 Å². The van der Waals surface area contributed by atoms with E-state index in [4.69, 9.17) is 16.3 Å². The molecule has 6 nitrogen and oxygen atoms in total. The van der Waals surface area contributed by atoms with Gasteiger partial charge in [-0.05, 0) is 70.5 Å². The molecule has 2 heterocycles. The quantitative estimate of drug-likeness (QED) is 0.701. The molecule has 3 rings (SSSR count). The molecular formula is C23H29ClN2O4. The molecular weight excluding hydrogens is 404 g/mol. The van der Waals surface area contributed by atoms with Crippen LogP contribution in [0.5, 0.6) is 5.75 Å². The van der Waals surface area contributed by atoms with Gasteiger partial charge in [-0.1, -0.05) is 23.7 Å². The Morgan fingerprint density at radius 3 is 2.57 bits per heavy atom. The van der Waals surface area contributed by atoms with E-state index in [1.807, 2.05) is 32.0 Å². The fourth-order valence-corrected chi connectivity index (χ4v) is 4.51. The summed E-state index contributed by atoms with van der Waals surface area (Å²) in [5.41, 5.74) is 1.71. The number of carbonyl (C=O) groups excluding carboxylic acids is 1. The first-order valence-corrected chi connectivity index (χ1v) is 10.8. The van der Waals surface area contributed by atoms with Gasteiger partial charge in [0.25, 0.3) is 5.56 Å². The minimum atomic E-state index is -0.447. The molecule has 0 saturated carbocycles. The average molecular weight is 433 g/mol. The molecule has 1 unspecified atom stereocenters. The first kappa shape index (κ1) is 22.4. The summed E-state index contributed by atoms with van der Waals surface area (Å²) in [6, 6.07) is 8.58. The highest BCUT2D eigenvalue weighted by molar-refractivity contribution is 6.30. The normalized spacial score (nSPS) is 16.4. The maximum Gasteiger partial charge on any atom is 0.309 e. The van der Waals surface area contributed by atoms with Crippen molar-refractivity contribution >= 4 is 17.6 Å². The molecule has 162 valence electrons. The van der Waals surface area contributed by atoms with Crippen molar-refractivity contribution < 1.29 is 14.6 Å². The van der Waals surface area contributed by atoms with E-state index in [1.54, 1.807) is 23.6 Å². The third kappa shape index (κ3) is 4.55. The molecule has 0 amide bonds. The number of hydrogen-bond donors (Lipinski definition) is 1. The Labute approximate surface area is 182 Å². The van der Waals surface area contributed by atoms with E-state index in [1.165, 1.54) is 0 Å². The number of hydrogen-bond acceptors (Lipinski definition) is 5. The number of halogens is 1. The van der Waals surface area contributed by atoms with E-state index in [0.717, 1.165) is 11.3 Å². The number of likely N-dealkylation sites (tertiary alicyclic amines) is 1. The molecule has 1 saturated heterocycles. The van der Waals surface area contributed by atoms with E-state index in [9.17, 15) is 14.7 Å². The number of rotatable bonds is 6. The minimum Gasteiger partial charge on any atom is -0.507 e. The van der Waals surface area contributed by atoms with Gasteiger partial charge in [0, 0.05) is 17.3 Å². The van der Waals surface area contributed by atoms with Gasteiger partial charge in [-0.3, -0.25) is 14.5 Å². The minimum absolute atomic E-state index is 0.0142. The second-order valence-electron chi connectivity index (χ2n) is 7.65. The molecule has 1 aromatic carbocycles. The van der Waals surface area contributed by atoms with Crippen molar-refractivity contribution in [1.29, 1.82) is 0 Å². The SMILES string of the molecule is CCOC(=O)C1CCN(C(c2cccc(Cl)c2)c2c(O)cc(C)n(CC)c2=O)CC1. The van der Waals surface area contributed by atoms with Crippen molar-refractivity contribution in [1.82, 2.24) is 9.47 Å².